The van der Waals surface area contributed by atoms with Gasteiger partial charge in [0.1, 0.15) is 18.5 Å². The molecule has 0 spiro atoms. The predicted octanol–water partition coefficient (Wildman–Crippen LogP) is 1.60. The number of carbonyl (C=O) groups is 1. The molecule has 8 nitrogen and oxygen atoms in total. The molecule has 2 aromatic carbocycles. The lowest BCUT2D eigenvalue weighted by Gasteiger charge is -2.22. The molecular formula is C19H20FN5O3S. The van der Waals surface area contributed by atoms with E-state index in [1.807, 2.05) is 30.3 Å². The third-order valence-electron chi connectivity index (χ3n) is 4.26. The molecule has 0 radical (unpaired) electrons. The SMILES string of the molecule is CN(CC(=O)NC(Cn1cncn1)c1ccccc1)S(=O)(=O)c1ccc(F)cc1. The summed E-state index contributed by atoms with van der Waals surface area (Å²) < 4.78 is 40.8. The van der Waals surface area contributed by atoms with E-state index in [1.165, 1.54) is 19.7 Å². The number of aromatic nitrogens is 3. The largest absolute Gasteiger partial charge is 0.346 e. The van der Waals surface area contributed by atoms with Crippen molar-refractivity contribution in [3.8, 4) is 0 Å². The Hall–Kier alpha value is -3.11. The summed E-state index contributed by atoms with van der Waals surface area (Å²) >= 11 is 0. The third-order valence-corrected chi connectivity index (χ3v) is 6.08. The molecule has 3 rings (SSSR count). The molecule has 1 atom stereocenters. The number of nitrogens with zero attached hydrogens (tertiary/aromatic N) is 4. The van der Waals surface area contributed by atoms with Crippen LogP contribution in [0, 0.1) is 5.82 Å². The van der Waals surface area contributed by atoms with Crippen molar-refractivity contribution in [1.29, 1.82) is 0 Å². The van der Waals surface area contributed by atoms with Gasteiger partial charge in [-0.3, -0.25) is 9.48 Å². The van der Waals surface area contributed by atoms with Crippen molar-refractivity contribution in [2.24, 2.45) is 0 Å². The minimum Gasteiger partial charge on any atom is -0.346 e. The smallest absolute Gasteiger partial charge is 0.243 e. The highest BCUT2D eigenvalue weighted by Crippen LogP contribution is 2.17. The van der Waals surface area contributed by atoms with Crippen LogP contribution in [0.15, 0.2) is 72.1 Å². The highest BCUT2D eigenvalue weighted by molar-refractivity contribution is 7.89. The normalized spacial score (nSPS) is 12.7. The van der Waals surface area contributed by atoms with E-state index in [0.29, 0.717) is 6.54 Å². The molecule has 1 aromatic heterocycles. The van der Waals surface area contributed by atoms with Gasteiger partial charge in [-0.05, 0) is 29.8 Å². The molecule has 1 N–H and O–H groups in total. The first-order chi connectivity index (χ1) is 13.9. The van der Waals surface area contributed by atoms with E-state index >= 15 is 0 Å². The average molecular weight is 417 g/mol. The quantitative estimate of drug-likeness (QED) is 0.600. The topological polar surface area (TPSA) is 97.2 Å². The van der Waals surface area contributed by atoms with Gasteiger partial charge in [0.15, 0.2) is 0 Å². The Morgan fingerprint density at radius 3 is 2.48 bits per heavy atom. The molecule has 152 valence electrons. The first kappa shape index (κ1) is 20.6. The van der Waals surface area contributed by atoms with Crippen LogP contribution in [0.5, 0.6) is 0 Å². The first-order valence-electron chi connectivity index (χ1n) is 8.75. The molecule has 1 heterocycles. The van der Waals surface area contributed by atoms with E-state index in [4.69, 9.17) is 0 Å². The summed E-state index contributed by atoms with van der Waals surface area (Å²) in [4.78, 5) is 16.4. The summed E-state index contributed by atoms with van der Waals surface area (Å²) in [6, 6.07) is 13.3. The van der Waals surface area contributed by atoms with Gasteiger partial charge in [-0.1, -0.05) is 30.3 Å². The van der Waals surface area contributed by atoms with Crippen LogP contribution in [0.4, 0.5) is 4.39 Å². The van der Waals surface area contributed by atoms with Crippen molar-refractivity contribution in [3.05, 3.63) is 78.6 Å². The van der Waals surface area contributed by atoms with Crippen LogP contribution >= 0.6 is 0 Å². The zero-order valence-corrected chi connectivity index (χ0v) is 16.5. The van der Waals surface area contributed by atoms with Crippen LogP contribution in [0.25, 0.3) is 0 Å². The number of hydrogen-bond donors (Lipinski definition) is 1. The summed E-state index contributed by atoms with van der Waals surface area (Å²) in [5.41, 5.74) is 0.848. The van der Waals surface area contributed by atoms with Crippen LogP contribution < -0.4 is 5.32 Å². The van der Waals surface area contributed by atoms with Crippen molar-refractivity contribution < 1.29 is 17.6 Å². The van der Waals surface area contributed by atoms with E-state index in [9.17, 15) is 17.6 Å². The number of sulfonamides is 1. The van der Waals surface area contributed by atoms with Gasteiger partial charge in [0.2, 0.25) is 15.9 Å². The number of amides is 1. The zero-order chi connectivity index (χ0) is 20.9. The van der Waals surface area contributed by atoms with Crippen molar-refractivity contribution >= 4 is 15.9 Å². The molecular weight excluding hydrogens is 397 g/mol. The van der Waals surface area contributed by atoms with E-state index in [1.54, 1.807) is 4.68 Å². The maximum absolute atomic E-state index is 13.1. The fourth-order valence-corrected chi connectivity index (χ4v) is 3.87. The van der Waals surface area contributed by atoms with Gasteiger partial charge >= 0.3 is 0 Å². The van der Waals surface area contributed by atoms with Crippen molar-refractivity contribution in [2.45, 2.75) is 17.5 Å². The monoisotopic (exact) mass is 417 g/mol. The fraction of sp³-hybridized carbons (Fsp3) is 0.211. The molecule has 0 fully saturated rings. The molecule has 3 aromatic rings. The van der Waals surface area contributed by atoms with Gasteiger partial charge in [-0.2, -0.15) is 9.40 Å². The lowest BCUT2D eigenvalue weighted by atomic mass is 10.1. The standard InChI is InChI=1S/C19H20FN5O3S/c1-24(29(27,28)17-9-7-16(20)8-10-17)12-19(26)23-18(11-25-14-21-13-22-25)15-5-3-2-4-6-15/h2-10,13-14,18H,11-12H2,1H3,(H,23,26). The second kappa shape index (κ2) is 8.93. The van der Waals surface area contributed by atoms with Crippen LogP contribution in [0.1, 0.15) is 11.6 Å². The van der Waals surface area contributed by atoms with Crippen molar-refractivity contribution in [2.75, 3.05) is 13.6 Å². The number of carbonyl (C=O) groups excluding carboxylic acids is 1. The molecule has 1 unspecified atom stereocenters. The number of rotatable bonds is 8. The highest BCUT2D eigenvalue weighted by atomic mass is 32.2. The summed E-state index contributed by atoms with van der Waals surface area (Å²) in [6.07, 6.45) is 2.93. The molecule has 0 saturated carbocycles. The van der Waals surface area contributed by atoms with E-state index < -0.39 is 27.8 Å². The predicted molar refractivity (Wildman–Crippen MR) is 104 cm³/mol. The third kappa shape index (κ3) is 5.24. The number of benzene rings is 2. The van der Waals surface area contributed by atoms with Gasteiger partial charge in [0.05, 0.1) is 24.0 Å². The Labute approximate surface area is 168 Å². The maximum atomic E-state index is 13.1. The van der Waals surface area contributed by atoms with Gasteiger partial charge in [-0.15, -0.1) is 0 Å². The number of halogens is 1. The second-order valence-corrected chi connectivity index (χ2v) is 8.41. The van der Waals surface area contributed by atoms with E-state index in [2.05, 4.69) is 15.4 Å². The fourth-order valence-electron chi connectivity index (χ4n) is 2.75. The highest BCUT2D eigenvalue weighted by Gasteiger charge is 2.24. The summed E-state index contributed by atoms with van der Waals surface area (Å²) in [7, 11) is -2.62. The Morgan fingerprint density at radius 2 is 1.86 bits per heavy atom. The molecule has 0 aliphatic rings. The van der Waals surface area contributed by atoms with E-state index in [0.717, 1.165) is 34.1 Å². The summed E-state index contributed by atoms with van der Waals surface area (Å²) in [6.45, 7) is -0.0510. The van der Waals surface area contributed by atoms with Crippen molar-refractivity contribution in [1.82, 2.24) is 24.4 Å². The average Bonchev–Trinajstić information content (AvgIpc) is 3.21. The first-order valence-corrected chi connectivity index (χ1v) is 10.2. The molecule has 1 amide bonds. The molecule has 0 aliphatic heterocycles. The summed E-state index contributed by atoms with van der Waals surface area (Å²) in [5.74, 6) is -1.02. The lowest BCUT2D eigenvalue weighted by Crippen LogP contribution is -2.40. The minimum atomic E-state index is -3.92. The van der Waals surface area contributed by atoms with E-state index in [-0.39, 0.29) is 11.4 Å². The Balaban J connectivity index is 1.71. The Bertz CT molecular complexity index is 1040. The molecule has 29 heavy (non-hydrogen) atoms. The van der Waals surface area contributed by atoms with Gasteiger partial charge in [0.25, 0.3) is 0 Å². The molecule has 0 bridgehead atoms. The van der Waals surface area contributed by atoms with Gasteiger partial charge < -0.3 is 5.32 Å². The van der Waals surface area contributed by atoms with Crippen LogP contribution in [0.3, 0.4) is 0 Å². The number of nitrogens with one attached hydrogen (secondary N) is 1. The van der Waals surface area contributed by atoms with Crippen LogP contribution in [-0.2, 0) is 21.4 Å². The number of hydrogen-bond acceptors (Lipinski definition) is 5. The summed E-state index contributed by atoms with van der Waals surface area (Å²) in [5, 5.41) is 6.89. The number of likely N-dealkylation sites (N-methyl/N-ethyl adjacent to an activating group) is 1. The van der Waals surface area contributed by atoms with Crippen LogP contribution in [0.2, 0.25) is 0 Å². The Kier molecular flexibility index (Phi) is 6.35. The lowest BCUT2D eigenvalue weighted by molar-refractivity contribution is -0.122. The zero-order valence-electron chi connectivity index (χ0n) is 15.6. The van der Waals surface area contributed by atoms with Gasteiger partial charge in [0, 0.05) is 7.05 Å². The Morgan fingerprint density at radius 1 is 1.17 bits per heavy atom. The second-order valence-electron chi connectivity index (χ2n) is 6.36. The van der Waals surface area contributed by atoms with Gasteiger partial charge in [-0.25, -0.2) is 17.8 Å². The molecule has 0 aliphatic carbocycles. The maximum Gasteiger partial charge on any atom is 0.243 e. The van der Waals surface area contributed by atoms with Crippen LogP contribution in [-0.4, -0.2) is 47.0 Å². The molecule has 0 saturated heterocycles. The molecule has 10 heteroatoms. The van der Waals surface area contributed by atoms with Crippen molar-refractivity contribution in [3.63, 3.8) is 0 Å². The minimum absolute atomic E-state index is 0.0866.